The Hall–Kier alpha value is -2.40. The van der Waals surface area contributed by atoms with Gasteiger partial charge in [-0.1, -0.05) is 30.3 Å². The Morgan fingerprint density at radius 2 is 1.88 bits per heavy atom. The van der Waals surface area contributed by atoms with Crippen molar-refractivity contribution in [1.82, 2.24) is 9.80 Å². The number of para-hydroxylation sites is 1. The SMILES string of the molecule is COc1ccccc1CC(=O)N1CCN(C)C(c2ccc(F)cc2)C1. The summed E-state index contributed by atoms with van der Waals surface area (Å²) >= 11 is 0. The normalized spacial score (nSPS) is 18.2. The van der Waals surface area contributed by atoms with E-state index in [1.54, 1.807) is 19.2 Å². The molecule has 4 nitrogen and oxygen atoms in total. The first-order valence-corrected chi connectivity index (χ1v) is 8.44. The molecule has 2 aromatic rings. The van der Waals surface area contributed by atoms with Crippen molar-refractivity contribution in [1.29, 1.82) is 0 Å². The van der Waals surface area contributed by atoms with Gasteiger partial charge in [-0.3, -0.25) is 9.69 Å². The minimum atomic E-state index is -0.244. The molecule has 0 saturated carbocycles. The standard InChI is InChI=1S/C20H23FN2O2/c1-22-11-12-23(14-18(22)15-7-9-17(21)10-8-15)20(24)13-16-5-3-4-6-19(16)25-2/h3-10,18H,11-14H2,1-2H3. The minimum Gasteiger partial charge on any atom is -0.496 e. The highest BCUT2D eigenvalue weighted by molar-refractivity contribution is 5.79. The first-order chi connectivity index (χ1) is 12.1. The molecule has 25 heavy (non-hydrogen) atoms. The fraction of sp³-hybridized carbons (Fsp3) is 0.350. The van der Waals surface area contributed by atoms with Crippen molar-refractivity contribution >= 4 is 5.91 Å². The Bertz CT molecular complexity index is 733. The summed E-state index contributed by atoms with van der Waals surface area (Å²) in [5, 5.41) is 0. The molecule has 1 aliphatic heterocycles. The zero-order valence-corrected chi connectivity index (χ0v) is 14.6. The number of methoxy groups -OCH3 is 1. The van der Waals surface area contributed by atoms with Gasteiger partial charge in [0.05, 0.1) is 19.6 Å². The molecular formula is C20H23FN2O2. The van der Waals surface area contributed by atoms with Gasteiger partial charge in [-0.15, -0.1) is 0 Å². The van der Waals surface area contributed by atoms with Crippen molar-refractivity contribution in [2.75, 3.05) is 33.8 Å². The highest BCUT2D eigenvalue weighted by Gasteiger charge is 2.28. The van der Waals surface area contributed by atoms with E-state index < -0.39 is 0 Å². The van der Waals surface area contributed by atoms with E-state index in [-0.39, 0.29) is 17.8 Å². The molecule has 1 saturated heterocycles. The van der Waals surface area contributed by atoms with Crippen molar-refractivity contribution in [2.45, 2.75) is 12.5 Å². The molecule has 0 bridgehead atoms. The number of hydrogen-bond donors (Lipinski definition) is 0. The molecule has 0 radical (unpaired) electrons. The Morgan fingerprint density at radius 1 is 1.16 bits per heavy atom. The van der Waals surface area contributed by atoms with E-state index in [2.05, 4.69) is 4.90 Å². The molecule has 0 spiro atoms. The summed E-state index contributed by atoms with van der Waals surface area (Å²) in [7, 11) is 3.65. The molecular weight excluding hydrogens is 319 g/mol. The minimum absolute atomic E-state index is 0.0796. The van der Waals surface area contributed by atoms with E-state index in [1.807, 2.05) is 36.2 Å². The summed E-state index contributed by atoms with van der Waals surface area (Å²) in [5.41, 5.74) is 1.92. The maximum atomic E-state index is 13.2. The number of carbonyl (C=O) groups excluding carboxylic acids is 1. The molecule has 1 fully saturated rings. The number of halogens is 1. The summed E-state index contributed by atoms with van der Waals surface area (Å²) in [5.74, 6) is 0.580. The van der Waals surface area contributed by atoms with E-state index in [1.165, 1.54) is 12.1 Å². The Balaban J connectivity index is 1.72. The van der Waals surface area contributed by atoms with Gasteiger partial charge in [-0.2, -0.15) is 0 Å². The van der Waals surface area contributed by atoms with Crippen LogP contribution in [-0.4, -0.2) is 49.5 Å². The van der Waals surface area contributed by atoms with Crippen LogP contribution in [-0.2, 0) is 11.2 Å². The van der Waals surface area contributed by atoms with E-state index in [0.29, 0.717) is 19.5 Å². The fourth-order valence-electron chi connectivity index (χ4n) is 3.27. The van der Waals surface area contributed by atoms with E-state index in [4.69, 9.17) is 4.74 Å². The molecule has 1 unspecified atom stereocenters. The molecule has 2 aromatic carbocycles. The van der Waals surface area contributed by atoms with Crippen LogP contribution in [0.2, 0.25) is 0 Å². The molecule has 1 atom stereocenters. The van der Waals surface area contributed by atoms with Crippen molar-refractivity contribution in [3.63, 3.8) is 0 Å². The number of benzene rings is 2. The van der Waals surface area contributed by atoms with Crippen LogP contribution in [0.3, 0.4) is 0 Å². The van der Waals surface area contributed by atoms with Gasteiger partial charge in [-0.05, 0) is 30.8 Å². The number of amides is 1. The summed E-state index contributed by atoms with van der Waals surface area (Å²) in [6.45, 7) is 2.10. The van der Waals surface area contributed by atoms with Crippen LogP contribution in [0.4, 0.5) is 4.39 Å². The van der Waals surface area contributed by atoms with Crippen molar-refractivity contribution in [3.05, 3.63) is 65.5 Å². The average molecular weight is 342 g/mol. The second kappa shape index (κ2) is 7.66. The summed E-state index contributed by atoms with van der Waals surface area (Å²) < 4.78 is 18.5. The number of nitrogens with zero attached hydrogens (tertiary/aromatic N) is 2. The van der Waals surface area contributed by atoms with Crippen LogP contribution < -0.4 is 4.74 Å². The first kappa shape index (κ1) is 17.4. The topological polar surface area (TPSA) is 32.8 Å². The summed E-state index contributed by atoms with van der Waals surface area (Å²) in [6.07, 6.45) is 0.323. The molecule has 3 rings (SSSR count). The molecule has 1 amide bonds. The second-order valence-corrected chi connectivity index (χ2v) is 6.38. The molecule has 1 aliphatic rings. The van der Waals surface area contributed by atoms with Gasteiger partial charge >= 0.3 is 0 Å². The number of ether oxygens (including phenoxy) is 1. The number of rotatable bonds is 4. The van der Waals surface area contributed by atoms with Gasteiger partial charge in [0.15, 0.2) is 0 Å². The van der Waals surface area contributed by atoms with Crippen molar-refractivity contribution in [3.8, 4) is 5.75 Å². The zero-order valence-electron chi connectivity index (χ0n) is 14.6. The average Bonchev–Trinajstić information content (AvgIpc) is 2.63. The van der Waals surface area contributed by atoms with Crippen LogP contribution in [0.25, 0.3) is 0 Å². The lowest BCUT2D eigenvalue weighted by Crippen LogP contribution is -2.49. The van der Waals surface area contributed by atoms with Crippen molar-refractivity contribution in [2.24, 2.45) is 0 Å². The van der Waals surface area contributed by atoms with Crippen LogP contribution >= 0.6 is 0 Å². The molecule has 5 heteroatoms. The lowest BCUT2D eigenvalue weighted by Gasteiger charge is -2.39. The van der Waals surface area contributed by atoms with Crippen LogP contribution in [0, 0.1) is 5.82 Å². The molecule has 0 aliphatic carbocycles. The monoisotopic (exact) mass is 342 g/mol. The zero-order chi connectivity index (χ0) is 17.8. The van der Waals surface area contributed by atoms with Gasteiger partial charge in [0.2, 0.25) is 5.91 Å². The summed E-state index contributed by atoms with van der Waals surface area (Å²) in [4.78, 5) is 16.9. The maximum absolute atomic E-state index is 13.2. The van der Waals surface area contributed by atoms with Crippen LogP contribution in [0.15, 0.2) is 48.5 Å². The first-order valence-electron chi connectivity index (χ1n) is 8.44. The highest BCUT2D eigenvalue weighted by atomic mass is 19.1. The van der Waals surface area contributed by atoms with E-state index in [0.717, 1.165) is 23.4 Å². The number of piperazine rings is 1. The number of hydrogen-bond acceptors (Lipinski definition) is 3. The van der Waals surface area contributed by atoms with Gasteiger partial charge in [0.1, 0.15) is 11.6 Å². The van der Waals surface area contributed by atoms with Gasteiger partial charge in [0.25, 0.3) is 0 Å². The van der Waals surface area contributed by atoms with Gasteiger partial charge in [-0.25, -0.2) is 4.39 Å². The lowest BCUT2D eigenvalue weighted by molar-refractivity contribution is -0.133. The van der Waals surface area contributed by atoms with Crippen LogP contribution in [0.5, 0.6) is 5.75 Å². The molecule has 1 heterocycles. The molecule has 0 aromatic heterocycles. The Labute approximate surface area is 147 Å². The summed E-state index contributed by atoms with van der Waals surface area (Å²) in [6, 6.07) is 14.2. The Morgan fingerprint density at radius 3 is 2.60 bits per heavy atom. The lowest BCUT2D eigenvalue weighted by atomic mass is 10.0. The Kier molecular flexibility index (Phi) is 5.34. The smallest absolute Gasteiger partial charge is 0.227 e. The van der Waals surface area contributed by atoms with Crippen LogP contribution in [0.1, 0.15) is 17.2 Å². The number of likely N-dealkylation sites (N-methyl/N-ethyl adjacent to an activating group) is 1. The third-order valence-electron chi connectivity index (χ3n) is 4.79. The maximum Gasteiger partial charge on any atom is 0.227 e. The quantitative estimate of drug-likeness (QED) is 0.856. The van der Waals surface area contributed by atoms with Crippen molar-refractivity contribution < 1.29 is 13.9 Å². The van der Waals surface area contributed by atoms with E-state index >= 15 is 0 Å². The third kappa shape index (κ3) is 3.99. The molecule has 0 N–H and O–H groups in total. The predicted molar refractivity (Wildman–Crippen MR) is 95.0 cm³/mol. The fourth-order valence-corrected chi connectivity index (χ4v) is 3.27. The largest absolute Gasteiger partial charge is 0.496 e. The number of carbonyl (C=O) groups is 1. The third-order valence-corrected chi connectivity index (χ3v) is 4.79. The predicted octanol–water partition coefficient (Wildman–Crippen LogP) is 2.89. The highest BCUT2D eigenvalue weighted by Crippen LogP contribution is 2.25. The molecule has 132 valence electrons. The van der Waals surface area contributed by atoms with E-state index in [9.17, 15) is 9.18 Å². The van der Waals surface area contributed by atoms with Gasteiger partial charge in [0, 0.05) is 25.2 Å². The van der Waals surface area contributed by atoms with Gasteiger partial charge < -0.3 is 9.64 Å². The second-order valence-electron chi connectivity index (χ2n) is 6.38.